The third-order valence-corrected chi connectivity index (χ3v) is 2.95. The highest BCUT2D eigenvalue weighted by Crippen LogP contribution is 2.20. The molecule has 0 radical (unpaired) electrons. The smallest absolute Gasteiger partial charge is 0.119 e. The molecule has 0 bridgehead atoms. The van der Waals surface area contributed by atoms with E-state index >= 15 is 0 Å². The van der Waals surface area contributed by atoms with Gasteiger partial charge in [-0.05, 0) is 50.9 Å². The molecule has 104 valence electrons. The topological polar surface area (TPSA) is 45.0 Å². The number of rotatable bonds is 8. The van der Waals surface area contributed by atoms with Crippen LogP contribution in [0.3, 0.4) is 0 Å². The first-order valence-corrected chi connectivity index (χ1v) is 6.91. The zero-order valence-corrected chi connectivity index (χ0v) is 12.2. The zero-order valence-electron chi connectivity index (χ0n) is 12.2. The quantitative estimate of drug-likeness (QED) is 0.728. The Kier molecular flexibility index (Phi) is 6.38. The molecule has 0 aliphatic carbocycles. The van der Waals surface area contributed by atoms with Crippen LogP contribution in [-0.2, 0) is 6.54 Å². The number of ether oxygens (including phenoxy) is 1. The fourth-order valence-corrected chi connectivity index (χ4v) is 1.63. The Morgan fingerprint density at radius 2 is 2.16 bits per heavy atom. The van der Waals surface area contributed by atoms with E-state index in [2.05, 4.69) is 30.4 Å². The standard InChI is InChI=1S/C16H24N2O/c1-4-9-18-12-14-6-5-7-15(11-14)19-10-8-16(2,3)13-17/h5-7,11,18H,4,8-10,12H2,1-3H3. The largest absolute Gasteiger partial charge is 0.494 e. The second kappa shape index (κ2) is 7.81. The van der Waals surface area contributed by atoms with Gasteiger partial charge in [-0.25, -0.2) is 0 Å². The van der Waals surface area contributed by atoms with Crippen LogP contribution in [0.5, 0.6) is 5.75 Å². The van der Waals surface area contributed by atoms with Gasteiger partial charge in [-0.3, -0.25) is 0 Å². The summed E-state index contributed by atoms with van der Waals surface area (Å²) in [7, 11) is 0. The normalized spacial score (nSPS) is 11.1. The number of nitrogens with zero attached hydrogens (tertiary/aromatic N) is 1. The Balaban J connectivity index is 2.42. The van der Waals surface area contributed by atoms with Crippen LogP contribution in [0.4, 0.5) is 0 Å². The van der Waals surface area contributed by atoms with Gasteiger partial charge >= 0.3 is 0 Å². The maximum Gasteiger partial charge on any atom is 0.119 e. The Bertz CT molecular complexity index is 421. The van der Waals surface area contributed by atoms with Crippen LogP contribution >= 0.6 is 0 Å². The summed E-state index contributed by atoms with van der Waals surface area (Å²) in [5, 5.41) is 12.3. The van der Waals surface area contributed by atoms with Crippen molar-refractivity contribution in [3.05, 3.63) is 29.8 Å². The molecule has 19 heavy (non-hydrogen) atoms. The van der Waals surface area contributed by atoms with Crippen LogP contribution in [-0.4, -0.2) is 13.2 Å². The van der Waals surface area contributed by atoms with E-state index in [1.807, 2.05) is 26.0 Å². The van der Waals surface area contributed by atoms with Gasteiger partial charge in [-0.2, -0.15) is 5.26 Å². The molecule has 0 aliphatic heterocycles. The van der Waals surface area contributed by atoms with E-state index in [9.17, 15) is 0 Å². The number of hydrogen-bond acceptors (Lipinski definition) is 3. The van der Waals surface area contributed by atoms with Crippen LogP contribution < -0.4 is 10.1 Å². The molecule has 3 nitrogen and oxygen atoms in total. The SMILES string of the molecule is CCCNCc1cccc(OCCC(C)(C)C#N)c1. The van der Waals surface area contributed by atoms with Crippen LogP contribution in [0.2, 0.25) is 0 Å². The molecule has 1 rings (SSSR count). The predicted molar refractivity (Wildman–Crippen MR) is 77.9 cm³/mol. The summed E-state index contributed by atoms with van der Waals surface area (Å²) < 4.78 is 5.71. The monoisotopic (exact) mass is 260 g/mol. The number of nitrogens with one attached hydrogen (secondary N) is 1. The van der Waals surface area contributed by atoms with Crippen molar-refractivity contribution >= 4 is 0 Å². The molecule has 0 heterocycles. The first kappa shape index (κ1) is 15.5. The number of hydrogen-bond donors (Lipinski definition) is 1. The highest BCUT2D eigenvalue weighted by atomic mass is 16.5. The molecule has 0 saturated heterocycles. The van der Waals surface area contributed by atoms with Gasteiger partial charge in [0.05, 0.1) is 18.1 Å². The molecule has 3 heteroatoms. The Hall–Kier alpha value is -1.53. The highest BCUT2D eigenvalue weighted by Gasteiger charge is 2.16. The summed E-state index contributed by atoms with van der Waals surface area (Å²) >= 11 is 0. The average molecular weight is 260 g/mol. The van der Waals surface area contributed by atoms with E-state index in [4.69, 9.17) is 10.00 Å². The van der Waals surface area contributed by atoms with E-state index in [0.717, 1.165) is 31.7 Å². The van der Waals surface area contributed by atoms with Gasteiger partial charge in [0.25, 0.3) is 0 Å². The lowest BCUT2D eigenvalue weighted by Gasteiger charge is -2.15. The molecule has 0 aromatic heterocycles. The van der Waals surface area contributed by atoms with Crippen LogP contribution in [0.15, 0.2) is 24.3 Å². The number of benzene rings is 1. The van der Waals surface area contributed by atoms with Crippen molar-refractivity contribution in [2.45, 2.75) is 40.2 Å². The molecule has 1 aromatic rings. The molecular weight excluding hydrogens is 236 g/mol. The summed E-state index contributed by atoms with van der Waals surface area (Å²) in [6.07, 6.45) is 1.88. The van der Waals surface area contributed by atoms with E-state index in [1.165, 1.54) is 5.56 Å². The fourth-order valence-electron chi connectivity index (χ4n) is 1.63. The molecule has 1 N–H and O–H groups in total. The van der Waals surface area contributed by atoms with Gasteiger partial charge < -0.3 is 10.1 Å². The van der Waals surface area contributed by atoms with Crippen molar-refractivity contribution in [1.29, 1.82) is 5.26 Å². The molecule has 0 fully saturated rings. The van der Waals surface area contributed by atoms with Crippen molar-refractivity contribution in [2.75, 3.05) is 13.2 Å². The summed E-state index contributed by atoms with van der Waals surface area (Å²) in [5.74, 6) is 0.879. The van der Waals surface area contributed by atoms with E-state index in [0.29, 0.717) is 6.61 Å². The van der Waals surface area contributed by atoms with Crippen LogP contribution in [0.1, 0.15) is 39.2 Å². The fraction of sp³-hybridized carbons (Fsp3) is 0.562. The summed E-state index contributed by atoms with van der Waals surface area (Å²) in [6.45, 7) is 8.49. The van der Waals surface area contributed by atoms with Gasteiger partial charge in [0.1, 0.15) is 5.75 Å². The minimum absolute atomic E-state index is 0.319. The Morgan fingerprint density at radius 1 is 1.37 bits per heavy atom. The second-order valence-corrected chi connectivity index (χ2v) is 5.42. The van der Waals surface area contributed by atoms with Crippen molar-refractivity contribution in [2.24, 2.45) is 5.41 Å². The summed E-state index contributed by atoms with van der Waals surface area (Å²) in [4.78, 5) is 0. The molecular formula is C16H24N2O. The van der Waals surface area contributed by atoms with Crippen molar-refractivity contribution in [3.8, 4) is 11.8 Å². The molecule has 0 unspecified atom stereocenters. The van der Waals surface area contributed by atoms with Crippen LogP contribution in [0, 0.1) is 16.7 Å². The van der Waals surface area contributed by atoms with Gasteiger partial charge in [-0.15, -0.1) is 0 Å². The third kappa shape index (κ3) is 6.26. The van der Waals surface area contributed by atoms with E-state index in [-0.39, 0.29) is 5.41 Å². The minimum Gasteiger partial charge on any atom is -0.494 e. The lowest BCUT2D eigenvalue weighted by molar-refractivity contribution is 0.264. The highest BCUT2D eigenvalue weighted by molar-refractivity contribution is 5.28. The zero-order chi connectivity index (χ0) is 14.1. The molecule has 1 aromatic carbocycles. The number of nitriles is 1. The van der Waals surface area contributed by atoms with Gasteiger partial charge in [0, 0.05) is 6.54 Å². The summed E-state index contributed by atoms with van der Waals surface area (Å²) in [6, 6.07) is 10.4. The lowest BCUT2D eigenvalue weighted by atomic mass is 9.92. The van der Waals surface area contributed by atoms with E-state index < -0.39 is 0 Å². The minimum atomic E-state index is -0.319. The van der Waals surface area contributed by atoms with Crippen molar-refractivity contribution in [1.82, 2.24) is 5.32 Å². The first-order chi connectivity index (χ1) is 9.07. The molecule has 0 saturated carbocycles. The third-order valence-electron chi connectivity index (χ3n) is 2.95. The Morgan fingerprint density at radius 3 is 2.84 bits per heavy atom. The van der Waals surface area contributed by atoms with E-state index in [1.54, 1.807) is 0 Å². The predicted octanol–water partition coefficient (Wildman–Crippen LogP) is 3.50. The first-order valence-electron chi connectivity index (χ1n) is 6.91. The maximum absolute atomic E-state index is 8.94. The maximum atomic E-state index is 8.94. The molecule has 0 spiro atoms. The lowest BCUT2D eigenvalue weighted by Crippen LogP contribution is -2.14. The Labute approximate surface area is 116 Å². The molecule has 0 aliphatic rings. The van der Waals surface area contributed by atoms with Gasteiger partial charge in [0.15, 0.2) is 0 Å². The van der Waals surface area contributed by atoms with Crippen LogP contribution in [0.25, 0.3) is 0 Å². The second-order valence-electron chi connectivity index (χ2n) is 5.42. The van der Waals surface area contributed by atoms with Crippen molar-refractivity contribution < 1.29 is 4.74 Å². The summed E-state index contributed by atoms with van der Waals surface area (Å²) in [5.41, 5.74) is 0.908. The van der Waals surface area contributed by atoms with Gasteiger partial charge in [0.2, 0.25) is 0 Å². The molecule has 0 amide bonds. The van der Waals surface area contributed by atoms with Gasteiger partial charge in [-0.1, -0.05) is 19.1 Å². The molecule has 0 atom stereocenters. The average Bonchev–Trinajstić information content (AvgIpc) is 2.39. The van der Waals surface area contributed by atoms with Crippen molar-refractivity contribution in [3.63, 3.8) is 0 Å².